The van der Waals surface area contributed by atoms with Crippen LogP contribution in [-0.4, -0.2) is 22.9 Å². The van der Waals surface area contributed by atoms with E-state index in [1.807, 2.05) is 23.1 Å². The Morgan fingerprint density at radius 1 is 1.18 bits per heavy atom. The van der Waals surface area contributed by atoms with Crippen LogP contribution in [0, 0.1) is 0 Å². The van der Waals surface area contributed by atoms with Gasteiger partial charge in [-0.2, -0.15) is 0 Å². The molecule has 1 rings (SSSR count). The van der Waals surface area contributed by atoms with E-state index in [9.17, 15) is 4.79 Å². The average Bonchev–Trinajstić information content (AvgIpc) is 2.59. The number of likely N-dealkylation sites (tertiary alicyclic amines) is 1. The molecule has 0 aromatic carbocycles. The molecule has 1 amide bonds. The number of nitrogens with zero attached hydrogens (tertiary/aromatic N) is 1. The van der Waals surface area contributed by atoms with Crippen LogP contribution >= 0.6 is 0 Å². The molecule has 1 fully saturated rings. The summed E-state index contributed by atoms with van der Waals surface area (Å²) in [5.41, 5.74) is -0.0538. The Kier molecular flexibility index (Phi) is 5.20. The minimum absolute atomic E-state index is 0.0538. The maximum absolute atomic E-state index is 12.0. The van der Waals surface area contributed by atoms with Crippen molar-refractivity contribution in [2.45, 2.75) is 44.1 Å². The number of hydrogen-bond acceptors (Lipinski definition) is 1. The van der Waals surface area contributed by atoms with Gasteiger partial charge in [0.25, 0.3) is 0 Å². The monoisotopic (exact) mass is 233 g/mol. The number of carbonyl (C=O) groups is 1. The van der Waals surface area contributed by atoms with Crippen LogP contribution in [0.3, 0.4) is 0 Å². The fraction of sp³-hybridized carbons (Fsp3) is 0.533. The molecule has 2 nitrogen and oxygen atoms in total. The van der Waals surface area contributed by atoms with E-state index in [-0.39, 0.29) is 11.4 Å². The molecule has 0 radical (unpaired) electrons. The number of unbranched alkanes of at least 4 members (excludes halogenated alkanes) is 1. The topological polar surface area (TPSA) is 20.3 Å². The molecule has 0 saturated carbocycles. The van der Waals surface area contributed by atoms with E-state index in [2.05, 4.69) is 19.7 Å². The van der Waals surface area contributed by atoms with Crippen molar-refractivity contribution < 1.29 is 4.79 Å². The van der Waals surface area contributed by atoms with Crippen LogP contribution in [0.2, 0.25) is 0 Å². The predicted octanol–water partition coefficient (Wildman–Crippen LogP) is 3.47. The first-order valence-electron chi connectivity index (χ1n) is 6.33. The van der Waals surface area contributed by atoms with Crippen molar-refractivity contribution in [2.75, 3.05) is 6.54 Å². The summed E-state index contributed by atoms with van der Waals surface area (Å²) in [5.74, 6) is 0.276. The second-order valence-corrected chi connectivity index (χ2v) is 4.69. The van der Waals surface area contributed by atoms with Crippen LogP contribution in [-0.2, 0) is 4.79 Å². The van der Waals surface area contributed by atoms with Gasteiger partial charge in [-0.05, 0) is 32.1 Å². The van der Waals surface area contributed by atoms with Gasteiger partial charge in [-0.25, -0.2) is 0 Å². The van der Waals surface area contributed by atoms with Crippen LogP contribution in [0.1, 0.15) is 38.5 Å². The van der Waals surface area contributed by atoms with E-state index in [0.29, 0.717) is 6.42 Å². The minimum atomic E-state index is -0.0538. The van der Waals surface area contributed by atoms with Gasteiger partial charge in [-0.1, -0.05) is 18.2 Å². The third-order valence-electron chi connectivity index (χ3n) is 3.52. The first-order valence-corrected chi connectivity index (χ1v) is 6.33. The molecule has 0 aromatic rings. The van der Waals surface area contributed by atoms with Crippen molar-refractivity contribution in [1.29, 1.82) is 0 Å². The zero-order chi connectivity index (χ0) is 12.7. The van der Waals surface area contributed by atoms with Crippen LogP contribution < -0.4 is 0 Å². The molecule has 17 heavy (non-hydrogen) atoms. The first-order chi connectivity index (χ1) is 8.20. The normalized spacial score (nSPS) is 18.1. The zero-order valence-electron chi connectivity index (χ0n) is 10.7. The standard InChI is InChI=1S/C15H23NO/c1-4-7-8-13-16-14(17)9-12-15(16,10-5-2)11-6-3/h4-6H,1-3,7-13H2. The predicted molar refractivity (Wildman–Crippen MR) is 72.7 cm³/mol. The van der Waals surface area contributed by atoms with Crippen molar-refractivity contribution in [2.24, 2.45) is 0 Å². The molecule has 1 aliphatic rings. The third-order valence-corrected chi connectivity index (χ3v) is 3.52. The molecule has 1 aliphatic heterocycles. The van der Waals surface area contributed by atoms with Crippen molar-refractivity contribution in [1.82, 2.24) is 4.90 Å². The number of allylic oxidation sites excluding steroid dienone is 1. The van der Waals surface area contributed by atoms with Gasteiger partial charge in [0.05, 0.1) is 5.54 Å². The Balaban J connectivity index is 2.77. The first kappa shape index (κ1) is 13.8. The largest absolute Gasteiger partial charge is 0.336 e. The summed E-state index contributed by atoms with van der Waals surface area (Å²) >= 11 is 0. The van der Waals surface area contributed by atoms with Gasteiger partial charge in [-0.15, -0.1) is 19.7 Å². The van der Waals surface area contributed by atoms with Crippen LogP contribution in [0.25, 0.3) is 0 Å². The van der Waals surface area contributed by atoms with E-state index in [1.165, 1.54) is 0 Å². The molecule has 0 N–H and O–H groups in total. The summed E-state index contributed by atoms with van der Waals surface area (Å²) in [6.07, 6.45) is 11.0. The molecular formula is C15H23NO. The third kappa shape index (κ3) is 3.09. The Labute approximate surface area is 105 Å². The number of carbonyl (C=O) groups excluding carboxylic acids is 1. The Morgan fingerprint density at radius 2 is 1.82 bits per heavy atom. The molecule has 94 valence electrons. The van der Waals surface area contributed by atoms with Gasteiger partial charge in [0, 0.05) is 13.0 Å². The smallest absolute Gasteiger partial charge is 0.223 e. The lowest BCUT2D eigenvalue weighted by Crippen LogP contribution is -2.45. The zero-order valence-corrected chi connectivity index (χ0v) is 10.7. The minimum Gasteiger partial charge on any atom is -0.336 e. The molecule has 0 bridgehead atoms. The summed E-state index contributed by atoms with van der Waals surface area (Å²) in [7, 11) is 0. The molecule has 1 saturated heterocycles. The highest BCUT2D eigenvalue weighted by molar-refractivity contribution is 5.79. The van der Waals surface area contributed by atoms with Gasteiger partial charge in [0.2, 0.25) is 5.91 Å². The molecular weight excluding hydrogens is 210 g/mol. The van der Waals surface area contributed by atoms with Crippen LogP contribution in [0.15, 0.2) is 38.0 Å². The molecule has 1 heterocycles. The molecule has 2 heteroatoms. The van der Waals surface area contributed by atoms with Crippen molar-refractivity contribution in [3.05, 3.63) is 38.0 Å². The highest BCUT2D eigenvalue weighted by Gasteiger charge is 2.42. The SMILES string of the molecule is C=CCCCN1C(=O)CCC1(CC=C)CC=C. The molecule has 0 aliphatic carbocycles. The summed E-state index contributed by atoms with van der Waals surface area (Å²) in [6, 6.07) is 0. The highest BCUT2D eigenvalue weighted by Crippen LogP contribution is 2.37. The average molecular weight is 233 g/mol. The summed E-state index contributed by atoms with van der Waals surface area (Å²) in [6.45, 7) is 12.2. The van der Waals surface area contributed by atoms with Gasteiger partial charge >= 0.3 is 0 Å². The van der Waals surface area contributed by atoms with Gasteiger partial charge < -0.3 is 4.90 Å². The Morgan fingerprint density at radius 3 is 2.35 bits per heavy atom. The van der Waals surface area contributed by atoms with E-state index in [1.54, 1.807) is 0 Å². The van der Waals surface area contributed by atoms with Crippen molar-refractivity contribution in [3.8, 4) is 0 Å². The van der Waals surface area contributed by atoms with Crippen LogP contribution in [0.4, 0.5) is 0 Å². The summed E-state index contributed by atoms with van der Waals surface area (Å²) in [4.78, 5) is 14.0. The van der Waals surface area contributed by atoms with Crippen LogP contribution in [0.5, 0.6) is 0 Å². The molecule has 0 unspecified atom stereocenters. The van der Waals surface area contributed by atoms with E-state index < -0.39 is 0 Å². The number of amides is 1. The maximum atomic E-state index is 12.0. The molecule has 0 aromatic heterocycles. The highest BCUT2D eigenvalue weighted by atomic mass is 16.2. The fourth-order valence-electron chi connectivity index (χ4n) is 2.67. The van der Waals surface area contributed by atoms with Crippen molar-refractivity contribution >= 4 is 5.91 Å². The van der Waals surface area contributed by atoms with Crippen molar-refractivity contribution in [3.63, 3.8) is 0 Å². The van der Waals surface area contributed by atoms with E-state index in [4.69, 9.17) is 0 Å². The lowest BCUT2D eigenvalue weighted by atomic mass is 9.88. The summed E-state index contributed by atoms with van der Waals surface area (Å²) < 4.78 is 0. The Bertz CT molecular complexity index is 296. The van der Waals surface area contributed by atoms with E-state index >= 15 is 0 Å². The Hall–Kier alpha value is -1.31. The molecule has 0 spiro atoms. The van der Waals surface area contributed by atoms with Gasteiger partial charge in [0.1, 0.15) is 0 Å². The quantitative estimate of drug-likeness (QED) is 0.464. The van der Waals surface area contributed by atoms with Gasteiger partial charge in [-0.3, -0.25) is 4.79 Å². The lowest BCUT2D eigenvalue weighted by molar-refractivity contribution is -0.131. The number of hydrogen-bond donors (Lipinski definition) is 0. The number of rotatable bonds is 8. The summed E-state index contributed by atoms with van der Waals surface area (Å²) in [5, 5.41) is 0. The second-order valence-electron chi connectivity index (χ2n) is 4.69. The maximum Gasteiger partial charge on any atom is 0.223 e. The van der Waals surface area contributed by atoms with E-state index in [0.717, 1.165) is 38.6 Å². The lowest BCUT2D eigenvalue weighted by Gasteiger charge is -2.37. The van der Waals surface area contributed by atoms with Gasteiger partial charge in [0.15, 0.2) is 0 Å². The second kappa shape index (κ2) is 6.43. The molecule has 0 atom stereocenters. The fourth-order valence-corrected chi connectivity index (χ4v) is 2.67.